The first-order valence-electron chi connectivity index (χ1n) is 25.2. The molecule has 15 heteroatoms. The summed E-state index contributed by atoms with van der Waals surface area (Å²) in [5.74, 6) is 2.01. The lowest BCUT2D eigenvalue weighted by Crippen LogP contribution is -2.32. The summed E-state index contributed by atoms with van der Waals surface area (Å²) >= 11 is 5.85. The van der Waals surface area contributed by atoms with Crippen molar-refractivity contribution in [2.75, 3.05) is 53.6 Å². The molecule has 0 bridgehead atoms. The lowest BCUT2D eigenvalue weighted by Gasteiger charge is -2.28. The summed E-state index contributed by atoms with van der Waals surface area (Å²) < 4.78 is 45.6. The Balaban J connectivity index is 0.000000170. The van der Waals surface area contributed by atoms with Crippen LogP contribution in [0.4, 0.5) is 4.39 Å². The van der Waals surface area contributed by atoms with Crippen molar-refractivity contribution in [3.63, 3.8) is 0 Å². The van der Waals surface area contributed by atoms with Crippen molar-refractivity contribution in [3.8, 4) is 5.75 Å². The van der Waals surface area contributed by atoms with Crippen molar-refractivity contribution < 1.29 is 37.7 Å². The molecule has 4 fully saturated rings. The molecule has 11 rings (SSSR count). The van der Waals surface area contributed by atoms with E-state index < -0.39 is 5.82 Å². The third kappa shape index (κ3) is 11.2. The van der Waals surface area contributed by atoms with Gasteiger partial charge in [-0.05, 0) is 134 Å². The van der Waals surface area contributed by atoms with Crippen LogP contribution >= 0.6 is 11.6 Å². The van der Waals surface area contributed by atoms with Gasteiger partial charge in [-0.15, -0.1) is 0 Å². The molecule has 0 radical (unpaired) electrons. The summed E-state index contributed by atoms with van der Waals surface area (Å²) in [6, 6.07) is 32.9. The van der Waals surface area contributed by atoms with E-state index >= 15 is 0 Å². The Hall–Kier alpha value is -6.16. The van der Waals surface area contributed by atoms with Crippen LogP contribution in [0.1, 0.15) is 99.1 Å². The number of ether oxygens (including phenoxy) is 5. The number of esters is 2. The Kier molecular flexibility index (Phi) is 15.3. The van der Waals surface area contributed by atoms with Gasteiger partial charge < -0.3 is 32.8 Å². The number of likely N-dealkylation sites (tertiary alicyclic amines) is 2. The Bertz CT molecular complexity index is 3060. The molecule has 13 nitrogen and oxygen atoms in total. The molecule has 0 saturated carbocycles. The maximum absolute atomic E-state index is 14.1. The van der Waals surface area contributed by atoms with Crippen molar-refractivity contribution in [2.24, 2.45) is 0 Å². The first-order chi connectivity index (χ1) is 35.1. The van der Waals surface area contributed by atoms with E-state index in [1.54, 1.807) is 24.3 Å². The molecule has 7 aromatic rings. The van der Waals surface area contributed by atoms with Crippen LogP contribution in [0.2, 0.25) is 5.02 Å². The number of carbonyl (C=O) groups excluding carboxylic acids is 2. The van der Waals surface area contributed by atoms with E-state index in [1.165, 1.54) is 43.4 Å². The van der Waals surface area contributed by atoms with Crippen molar-refractivity contribution in [2.45, 2.75) is 95.9 Å². The van der Waals surface area contributed by atoms with Gasteiger partial charge in [-0.1, -0.05) is 67.1 Å². The van der Waals surface area contributed by atoms with E-state index in [0.717, 1.165) is 117 Å². The Labute approximate surface area is 424 Å². The van der Waals surface area contributed by atoms with Gasteiger partial charge >= 0.3 is 11.9 Å². The Morgan fingerprint density at radius 2 is 1.18 bits per heavy atom. The zero-order valence-corrected chi connectivity index (χ0v) is 42.0. The minimum absolute atomic E-state index is 0.163. The number of hydrogen-bond acceptors (Lipinski definition) is 11. The number of hydrogen-bond donors (Lipinski definition) is 0. The van der Waals surface area contributed by atoms with Gasteiger partial charge in [0.25, 0.3) is 0 Å². The van der Waals surface area contributed by atoms with Crippen molar-refractivity contribution in [3.05, 3.63) is 159 Å². The molecule has 2 aromatic heterocycles. The molecule has 0 amide bonds. The number of rotatable bonds is 16. The predicted molar refractivity (Wildman–Crippen MR) is 274 cm³/mol. The predicted octanol–water partition coefficient (Wildman–Crippen LogP) is 10.1. The van der Waals surface area contributed by atoms with Gasteiger partial charge in [0.1, 0.15) is 18.3 Å². The van der Waals surface area contributed by atoms with Crippen molar-refractivity contribution in [1.82, 2.24) is 28.9 Å². The first kappa shape index (κ1) is 49.4. The maximum Gasteiger partial charge on any atom is 0.337 e. The average molecular weight is 998 g/mol. The number of imidazole rings is 2. The van der Waals surface area contributed by atoms with E-state index in [2.05, 4.69) is 62.3 Å². The highest BCUT2D eigenvalue weighted by Crippen LogP contribution is 2.33. The minimum atomic E-state index is -0.466. The quantitative estimate of drug-likeness (QED) is 0.0860. The molecule has 0 unspecified atom stereocenters. The van der Waals surface area contributed by atoms with Crippen LogP contribution in [-0.2, 0) is 58.2 Å². The fourth-order valence-electron chi connectivity index (χ4n) is 10.4. The Morgan fingerprint density at radius 3 is 1.65 bits per heavy atom. The minimum Gasteiger partial charge on any atom is -0.486 e. The highest BCUT2D eigenvalue weighted by molar-refractivity contribution is 6.30. The van der Waals surface area contributed by atoms with E-state index in [9.17, 15) is 14.0 Å². The lowest BCUT2D eigenvalue weighted by molar-refractivity contribution is -0.0592. The van der Waals surface area contributed by atoms with Gasteiger partial charge in [0.2, 0.25) is 0 Å². The number of benzene rings is 5. The lowest BCUT2D eigenvalue weighted by atomic mass is 9.96. The summed E-state index contributed by atoms with van der Waals surface area (Å²) in [4.78, 5) is 39.1. The molecule has 4 saturated heterocycles. The second kappa shape index (κ2) is 22.3. The summed E-state index contributed by atoms with van der Waals surface area (Å²) in [5.41, 5.74) is 9.85. The molecule has 4 aliphatic heterocycles. The molecule has 376 valence electrons. The van der Waals surface area contributed by atoms with Gasteiger partial charge in [-0.25, -0.2) is 23.9 Å². The normalized spacial score (nSPS) is 20.0. The fourth-order valence-corrected chi connectivity index (χ4v) is 10.6. The highest BCUT2D eigenvalue weighted by atomic mass is 35.5. The Morgan fingerprint density at radius 1 is 0.667 bits per heavy atom. The van der Waals surface area contributed by atoms with Gasteiger partial charge in [-0.2, -0.15) is 0 Å². The summed E-state index contributed by atoms with van der Waals surface area (Å²) in [6.45, 7) is 11.1. The largest absolute Gasteiger partial charge is 0.486 e. The number of nitrogens with zero attached hydrogens (tertiary/aromatic N) is 6. The number of aromatic nitrogens is 4. The van der Waals surface area contributed by atoms with Gasteiger partial charge in [-0.3, -0.25) is 9.80 Å². The summed E-state index contributed by atoms with van der Waals surface area (Å²) in [6.07, 6.45) is 5.75. The standard InChI is InChI=1S/C31H31ClFN3O4.C26H31N3O3/c1-38-31(37)22-5-7-27-28(14-22)36(17-25-10-12-39-25)30(34-27)18-35-11-9-23(16-35)21-4-2-3-20(13-21)19-40-29-8-6-24(32)15-26(29)33;1-3-18-5-4-6-19(13-18)21-9-11-28(15-21)17-25-27-23-8-7-20(26(30)31-2)14-24(23)29(25)16-22-10-12-32-22/h2-8,13-15,23,25H,9-12,16-19H2,1H3;4-8,13-14,21-22H,3,9-12,15-17H2,1-2H3/t23-,25+;21-,22+/m11/s1. The topological polar surface area (TPSA) is 122 Å². The molecule has 6 heterocycles. The second-order valence-corrected chi connectivity index (χ2v) is 19.8. The van der Waals surface area contributed by atoms with Gasteiger partial charge in [0.05, 0.1) is 85.8 Å². The van der Waals surface area contributed by atoms with Crippen LogP contribution in [0.5, 0.6) is 5.75 Å². The van der Waals surface area contributed by atoms with Crippen LogP contribution in [0.15, 0.2) is 103 Å². The zero-order chi connectivity index (χ0) is 49.7. The SMILES string of the molecule is CCc1cccc([C@@H]2CCN(Cc3nc4ccc(C(=O)OC)cc4n3C[C@@H]3CCO3)C2)c1.COC(=O)c1ccc2nc(CN3CC[C@@H](c4cccc(COc5ccc(Cl)cc5F)c4)C3)n(C[C@@H]3CCO3)c2c1. The second-order valence-electron chi connectivity index (χ2n) is 19.4. The zero-order valence-electron chi connectivity index (χ0n) is 41.2. The van der Waals surface area contributed by atoms with Gasteiger partial charge in [0.15, 0.2) is 11.6 Å². The number of fused-ring (bicyclic) bond motifs is 2. The monoisotopic (exact) mass is 996 g/mol. The van der Waals surface area contributed by atoms with Crippen LogP contribution < -0.4 is 4.74 Å². The molecule has 0 spiro atoms. The number of methoxy groups -OCH3 is 2. The number of aryl methyl sites for hydroxylation is 1. The van der Waals surface area contributed by atoms with E-state index in [4.69, 9.17) is 45.3 Å². The smallest absolute Gasteiger partial charge is 0.337 e. The average Bonchev–Trinajstić information content (AvgIpc) is 4.19. The molecule has 0 aliphatic carbocycles. The van der Waals surface area contributed by atoms with Crippen molar-refractivity contribution in [1.29, 1.82) is 0 Å². The van der Waals surface area contributed by atoms with Gasteiger partial charge in [0, 0.05) is 31.3 Å². The summed E-state index contributed by atoms with van der Waals surface area (Å²) in [7, 11) is 2.81. The molecule has 72 heavy (non-hydrogen) atoms. The van der Waals surface area contributed by atoms with Crippen LogP contribution in [0, 0.1) is 5.82 Å². The molecule has 4 atom stereocenters. The summed E-state index contributed by atoms with van der Waals surface area (Å²) in [5, 5.41) is 0.343. The molecular formula is C57H62ClFN6O7. The van der Waals surface area contributed by atoms with Crippen LogP contribution in [-0.4, -0.2) is 107 Å². The molecule has 5 aromatic carbocycles. The maximum atomic E-state index is 14.1. The van der Waals surface area contributed by atoms with Crippen molar-refractivity contribution >= 4 is 45.6 Å². The van der Waals surface area contributed by atoms with E-state index in [-0.39, 0.29) is 36.5 Å². The highest BCUT2D eigenvalue weighted by Gasteiger charge is 2.30. The fraction of sp³-hybridized carbons (Fsp3) is 0.404. The number of halogens is 2. The van der Waals surface area contributed by atoms with E-state index in [0.29, 0.717) is 41.1 Å². The molecular weight excluding hydrogens is 935 g/mol. The van der Waals surface area contributed by atoms with Crippen LogP contribution in [0.3, 0.4) is 0 Å². The molecule has 4 aliphatic rings. The molecule has 0 N–H and O–H groups in total. The number of carbonyl (C=O) groups is 2. The van der Waals surface area contributed by atoms with Crippen LogP contribution in [0.25, 0.3) is 22.1 Å². The third-order valence-electron chi connectivity index (χ3n) is 14.7. The first-order valence-corrected chi connectivity index (χ1v) is 25.6. The van der Waals surface area contributed by atoms with E-state index in [1.807, 2.05) is 36.4 Å². The third-order valence-corrected chi connectivity index (χ3v) is 14.9.